The maximum absolute atomic E-state index is 12.7. The summed E-state index contributed by atoms with van der Waals surface area (Å²) < 4.78 is 2.20. The van der Waals surface area contributed by atoms with Crippen LogP contribution in [0.3, 0.4) is 0 Å². The second-order valence-corrected chi connectivity index (χ2v) is 6.68. The van der Waals surface area contributed by atoms with Gasteiger partial charge in [-0.05, 0) is 44.2 Å². The highest BCUT2D eigenvalue weighted by Gasteiger charge is 2.27. The van der Waals surface area contributed by atoms with Crippen molar-refractivity contribution in [2.75, 3.05) is 13.1 Å². The van der Waals surface area contributed by atoms with Gasteiger partial charge in [0.25, 0.3) is 0 Å². The summed E-state index contributed by atoms with van der Waals surface area (Å²) in [6.07, 6.45) is 7.53. The monoisotopic (exact) mass is 325 g/mol. The molecule has 1 aromatic carbocycles. The van der Waals surface area contributed by atoms with E-state index in [4.69, 9.17) is 0 Å². The number of hydrogen-bond donors (Lipinski definition) is 0. The molecule has 1 amide bonds. The number of likely N-dealkylation sites (tertiary alicyclic amines) is 1. The van der Waals surface area contributed by atoms with Gasteiger partial charge in [-0.1, -0.05) is 24.3 Å². The fourth-order valence-electron chi connectivity index (χ4n) is 3.65. The number of benzene rings is 1. The number of amides is 1. The van der Waals surface area contributed by atoms with Gasteiger partial charge in [-0.15, -0.1) is 0 Å². The van der Waals surface area contributed by atoms with E-state index in [2.05, 4.69) is 35.5 Å². The lowest BCUT2D eigenvalue weighted by Crippen LogP contribution is -2.39. The molecule has 0 N–H and O–H groups in total. The van der Waals surface area contributed by atoms with E-state index < -0.39 is 0 Å². The topological polar surface area (TPSA) is 38.1 Å². The molecule has 0 aliphatic carbocycles. The largest absolute Gasteiger partial charge is 0.342 e. The summed E-state index contributed by atoms with van der Waals surface area (Å²) in [6, 6.07) is 8.33. The van der Waals surface area contributed by atoms with Gasteiger partial charge in [0.1, 0.15) is 5.82 Å². The first-order valence-electron chi connectivity index (χ1n) is 9.02. The predicted octanol–water partition coefficient (Wildman–Crippen LogP) is 3.55. The van der Waals surface area contributed by atoms with Gasteiger partial charge < -0.3 is 9.47 Å². The van der Waals surface area contributed by atoms with Crippen molar-refractivity contribution in [1.82, 2.24) is 14.5 Å². The first kappa shape index (κ1) is 16.7. The van der Waals surface area contributed by atoms with Crippen molar-refractivity contribution in [1.29, 1.82) is 0 Å². The van der Waals surface area contributed by atoms with Crippen LogP contribution in [0.1, 0.15) is 49.1 Å². The smallest absolute Gasteiger partial charge is 0.222 e. The summed E-state index contributed by atoms with van der Waals surface area (Å²) in [5.74, 6) is 1.78. The van der Waals surface area contributed by atoms with Crippen LogP contribution in [0.15, 0.2) is 36.7 Å². The zero-order valence-corrected chi connectivity index (χ0v) is 14.7. The number of rotatable bonds is 5. The van der Waals surface area contributed by atoms with Crippen LogP contribution in [0.2, 0.25) is 0 Å². The van der Waals surface area contributed by atoms with E-state index in [-0.39, 0.29) is 5.91 Å². The number of carbonyl (C=O) groups is 1. The fraction of sp³-hybridized carbons (Fsp3) is 0.500. The van der Waals surface area contributed by atoms with Gasteiger partial charge in [-0.2, -0.15) is 0 Å². The Balaban J connectivity index is 1.60. The summed E-state index contributed by atoms with van der Waals surface area (Å²) >= 11 is 0. The van der Waals surface area contributed by atoms with Crippen LogP contribution in [-0.2, 0) is 17.8 Å². The number of carbonyl (C=O) groups excluding carboxylic acids is 1. The highest BCUT2D eigenvalue weighted by Crippen LogP contribution is 2.26. The van der Waals surface area contributed by atoms with E-state index >= 15 is 0 Å². The molecule has 1 atom stereocenters. The summed E-state index contributed by atoms with van der Waals surface area (Å²) in [5.41, 5.74) is 2.55. The number of aryl methyl sites for hydroxylation is 3. The number of aromatic nitrogens is 2. The second-order valence-electron chi connectivity index (χ2n) is 6.68. The van der Waals surface area contributed by atoms with Crippen molar-refractivity contribution >= 4 is 5.91 Å². The van der Waals surface area contributed by atoms with E-state index in [0.717, 1.165) is 44.7 Å². The average Bonchev–Trinajstić information content (AvgIpc) is 3.09. The van der Waals surface area contributed by atoms with Crippen molar-refractivity contribution in [2.24, 2.45) is 0 Å². The van der Waals surface area contributed by atoms with Gasteiger partial charge in [-0.3, -0.25) is 4.79 Å². The Hall–Kier alpha value is -2.10. The molecule has 1 aliphatic rings. The Labute approximate surface area is 144 Å². The predicted molar refractivity (Wildman–Crippen MR) is 96.0 cm³/mol. The third-order valence-corrected chi connectivity index (χ3v) is 5.10. The summed E-state index contributed by atoms with van der Waals surface area (Å²) in [7, 11) is 0. The molecule has 2 heterocycles. The van der Waals surface area contributed by atoms with Gasteiger partial charge in [0, 0.05) is 44.4 Å². The van der Waals surface area contributed by atoms with Crippen molar-refractivity contribution in [3.8, 4) is 0 Å². The van der Waals surface area contributed by atoms with Gasteiger partial charge in [0.15, 0.2) is 0 Å². The third kappa shape index (κ3) is 3.69. The molecule has 4 nitrogen and oxygen atoms in total. The SMILES string of the molecule is CCn1ccnc1C1CCCN(C(=O)CCc2ccccc2C)C1. The minimum Gasteiger partial charge on any atom is -0.342 e. The van der Waals surface area contributed by atoms with E-state index in [1.807, 2.05) is 29.4 Å². The lowest BCUT2D eigenvalue weighted by atomic mass is 9.96. The molecule has 1 unspecified atom stereocenters. The highest BCUT2D eigenvalue weighted by molar-refractivity contribution is 5.76. The Morgan fingerprint density at radius 3 is 2.96 bits per heavy atom. The Morgan fingerprint density at radius 2 is 2.17 bits per heavy atom. The molecule has 1 saturated heterocycles. The van der Waals surface area contributed by atoms with Crippen LogP contribution < -0.4 is 0 Å². The van der Waals surface area contributed by atoms with Gasteiger partial charge >= 0.3 is 0 Å². The number of nitrogens with zero attached hydrogens (tertiary/aromatic N) is 3. The van der Waals surface area contributed by atoms with Crippen LogP contribution in [0, 0.1) is 6.92 Å². The first-order chi connectivity index (χ1) is 11.7. The standard InChI is InChI=1S/C20H27N3O/c1-3-22-14-12-21-20(22)18-9-6-13-23(15-18)19(24)11-10-17-8-5-4-7-16(17)2/h4-5,7-8,12,14,18H,3,6,9-11,13,15H2,1-2H3. The molecule has 0 radical (unpaired) electrons. The molecule has 0 bridgehead atoms. The molecular weight excluding hydrogens is 298 g/mol. The quantitative estimate of drug-likeness (QED) is 0.843. The third-order valence-electron chi connectivity index (χ3n) is 5.10. The molecule has 1 aromatic heterocycles. The molecule has 128 valence electrons. The van der Waals surface area contributed by atoms with Crippen molar-refractivity contribution in [2.45, 2.75) is 52.0 Å². The number of piperidine rings is 1. The van der Waals surface area contributed by atoms with Crippen LogP contribution in [0.5, 0.6) is 0 Å². The first-order valence-corrected chi connectivity index (χ1v) is 9.02. The van der Waals surface area contributed by atoms with Gasteiger partial charge in [0.2, 0.25) is 5.91 Å². The lowest BCUT2D eigenvalue weighted by molar-refractivity contribution is -0.132. The minimum absolute atomic E-state index is 0.276. The van der Waals surface area contributed by atoms with E-state index in [1.54, 1.807) is 0 Å². The van der Waals surface area contributed by atoms with Gasteiger partial charge in [0.05, 0.1) is 0 Å². The lowest BCUT2D eigenvalue weighted by Gasteiger charge is -2.32. The van der Waals surface area contributed by atoms with E-state index in [9.17, 15) is 4.79 Å². The van der Waals surface area contributed by atoms with E-state index in [1.165, 1.54) is 11.1 Å². The summed E-state index contributed by atoms with van der Waals surface area (Å²) in [5, 5.41) is 0. The van der Waals surface area contributed by atoms with Crippen molar-refractivity contribution in [3.63, 3.8) is 0 Å². The zero-order chi connectivity index (χ0) is 16.9. The maximum Gasteiger partial charge on any atom is 0.222 e. The molecule has 1 fully saturated rings. The molecule has 1 aliphatic heterocycles. The molecule has 24 heavy (non-hydrogen) atoms. The van der Waals surface area contributed by atoms with Crippen LogP contribution in [0.4, 0.5) is 0 Å². The molecule has 2 aromatic rings. The zero-order valence-electron chi connectivity index (χ0n) is 14.7. The van der Waals surface area contributed by atoms with Crippen LogP contribution in [0.25, 0.3) is 0 Å². The number of imidazole rings is 1. The van der Waals surface area contributed by atoms with Gasteiger partial charge in [-0.25, -0.2) is 4.98 Å². The minimum atomic E-state index is 0.276. The highest BCUT2D eigenvalue weighted by atomic mass is 16.2. The Morgan fingerprint density at radius 1 is 1.33 bits per heavy atom. The average molecular weight is 325 g/mol. The summed E-state index contributed by atoms with van der Waals surface area (Å²) in [6.45, 7) is 6.88. The maximum atomic E-state index is 12.7. The molecule has 0 spiro atoms. The molecule has 0 saturated carbocycles. The van der Waals surface area contributed by atoms with E-state index in [0.29, 0.717) is 12.3 Å². The summed E-state index contributed by atoms with van der Waals surface area (Å²) in [4.78, 5) is 19.2. The van der Waals surface area contributed by atoms with Crippen LogP contribution in [-0.4, -0.2) is 33.4 Å². The number of hydrogen-bond acceptors (Lipinski definition) is 2. The van der Waals surface area contributed by atoms with Crippen molar-refractivity contribution < 1.29 is 4.79 Å². The Kier molecular flexibility index (Phi) is 5.34. The molecular formula is C20H27N3O. The van der Waals surface area contributed by atoms with Crippen LogP contribution >= 0.6 is 0 Å². The Bertz CT molecular complexity index is 692. The second kappa shape index (κ2) is 7.65. The molecule has 3 rings (SSSR count). The molecule has 4 heteroatoms. The normalized spacial score (nSPS) is 17.9. The van der Waals surface area contributed by atoms with Crippen molar-refractivity contribution in [3.05, 3.63) is 53.6 Å². The fourth-order valence-corrected chi connectivity index (χ4v) is 3.65.